The van der Waals surface area contributed by atoms with Gasteiger partial charge in [-0.3, -0.25) is 14.7 Å². The van der Waals surface area contributed by atoms with Gasteiger partial charge in [-0.1, -0.05) is 36.4 Å². The molecule has 0 saturated carbocycles. The van der Waals surface area contributed by atoms with E-state index in [-0.39, 0.29) is 5.91 Å². The molecular weight excluding hydrogens is 412 g/mol. The summed E-state index contributed by atoms with van der Waals surface area (Å²) in [4.78, 5) is 23.9. The molecule has 170 valence electrons. The lowest BCUT2D eigenvalue weighted by atomic mass is 10.0. The van der Waals surface area contributed by atoms with E-state index in [2.05, 4.69) is 70.4 Å². The number of likely N-dealkylation sites (N-methyl/N-ethyl adjacent to an activating group) is 1. The van der Waals surface area contributed by atoms with Crippen molar-refractivity contribution in [1.29, 1.82) is 0 Å². The number of hydrogen-bond donors (Lipinski definition) is 0. The minimum atomic E-state index is -0.00633. The summed E-state index contributed by atoms with van der Waals surface area (Å²) in [7, 11) is 2.20. The molecule has 33 heavy (non-hydrogen) atoms. The van der Waals surface area contributed by atoms with Crippen LogP contribution in [0.2, 0.25) is 0 Å². The molecule has 6 heteroatoms. The van der Waals surface area contributed by atoms with Gasteiger partial charge in [0, 0.05) is 56.7 Å². The molecule has 1 amide bonds. The van der Waals surface area contributed by atoms with Crippen LogP contribution in [-0.2, 0) is 13.1 Å². The summed E-state index contributed by atoms with van der Waals surface area (Å²) in [6.07, 6.45) is 3.31. The predicted molar refractivity (Wildman–Crippen MR) is 128 cm³/mol. The van der Waals surface area contributed by atoms with Crippen LogP contribution in [0.15, 0.2) is 73.1 Å². The van der Waals surface area contributed by atoms with Crippen LogP contribution in [0.3, 0.4) is 0 Å². The lowest BCUT2D eigenvalue weighted by Crippen LogP contribution is -2.46. The maximum absolute atomic E-state index is 13.0. The molecule has 3 aromatic rings. The summed E-state index contributed by atoms with van der Waals surface area (Å²) in [5.74, 6) is 0.867. The monoisotopic (exact) mass is 442 g/mol. The Morgan fingerprint density at radius 3 is 2.76 bits per heavy atom. The lowest BCUT2D eigenvalue weighted by molar-refractivity contribution is 0.0732. The largest absolute Gasteiger partial charge is 0.491 e. The van der Waals surface area contributed by atoms with E-state index in [0.717, 1.165) is 37.5 Å². The Bertz CT molecular complexity index is 1090. The first-order valence-electron chi connectivity index (χ1n) is 11.6. The molecule has 0 unspecified atom stereocenters. The smallest absolute Gasteiger partial charge is 0.255 e. The molecule has 0 spiro atoms. The van der Waals surface area contributed by atoms with Crippen molar-refractivity contribution in [2.75, 3.05) is 39.8 Å². The summed E-state index contributed by atoms with van der Waals surface area (Å²) in [5.41, 5.74) is 4.28. The fourth-order valence-corrected chi connectivity index (χ4v) is 4.76. The third-order valence-corrected chi connectivity index (χ3v) is 6.56. The number of fused-ring (bicyclic) bond motifs is 1. The summed E-state index contributed by atoms with van der Waals surface area (Å²) in [6, 6.07) is 21.2. The average Bonchev–Trinajstić information content (AvgIpc) is 3.08. The van der Waals surface area contributed by atoms with E-state index in [1.807, 2.05) is 11.0 Å². The number of rotatable bonds is 4. The summed E-state index contributed by atoms with van der Waals surface area (Å²) < 4.78 is 5.98. The molecular formula is C27H30N4O2. The van der Waals surface area contributed by atoms with Gasteiger partial charge in [0.15, 0.2) is 0 Å². The van der Waals surface area contributed by atoms with Gasteiger partial charge in [-0.25, -0.2) is 0 Å². The zero-order valence-electron chi connectivity index (χ0n) is 19.1. The molecule has 1 aromatic heterocycles. The maximum atomic E-state index is 13.0. The van der Waals surface area contributed by atoms with Crippen molar-refractivity contribution >= 4 is 5.91 Å². The summed E-state index contributed by atoms with van der Waals surface area (Å²) >= 11 is 0. The Kier molecular flexibility index (Phi) is 6.37. The van der Waals surface area contributed by atoms with Gasteiger partial charge < -0.3 is 14.5 Å². The van der Waals surface area contributed by atoms with Gasteiger partial charge >= 0.3 is 0 Å². The zero-order valence-corrected chi connectivity index (χ0v) is 19.1. The molecule has 0 radical (unpaired) electrons. The Morgan fingerprint density at radius 2 is 1.94 bits per heavy atom. The van der Waals surface area contributed by atoms with Crippen molar-refractivity contribution in [3.63, 3.8) is 0 Å². The Labute approximate surface area is 195 Å². The van der Waals surface area contributed by atoms with Gasteiger partial charge in [-0.15, -0.1) is 0 Å². The average molecular weight is 443 g/mol. The highest BCUT2D eigenvalue weighted by Gasteiger charge is 2.27. The van der Waals surface area contributed by atoms with Gasteiger partial charge in [-0.2, -0.15) is 0 Å². The number of carbonyl (C=O) groups excluding carboxylic acids is 1. The molecule has 1 saturated heterocycles. The second kappa shape index (κ2) is 9.73. The van der Waals surface area contributed by atoms with Crippen LogP contribution >= 0.6 is 0 Å². The van der Waals surface area contributed by atoms with Crippen LogP contribution in [0.25, 0.3) is 0 Å². The van der Waals surface area contributed by atoms with Crippen LogP contribution in [0.1, 0.15) is 33.1 Å². The number of hydrogen-bond acceptors (Lipinski definition) is 5. The quantitative estimate of drug-likeness (QED) is 0.618. The fourth-order valence-electron chi connectivity index (χ4n) is 4.76. The Hall–Kier alpha value is -3.22. The third kappa shape index (κ3) is 4.92. The number of pyridine rings is 1. The third-order valence-electron chi connectivity index (χ3n) is 6.56. The predicted octanol–water partition coefficient (Wildman–Crippen LogP) is 3.61. The minimum Gasteiger partial charge on any atom is -0.491 e. The van der Waals surface area contributed by atoms with Gasteiger partial charge in [-0.05, 0) is 42.4 Å². The second-order valence-electron chi connectivity index (χ2n) is 8.92. The van der Waals surface area contributed by atoms with E-state index in [9.17, 15) is 4.79 Å². The van der Waals surface area contributed by atoms with Crippen LogP contribution in [0.5, 0.6) is 5.75 Å². The normalized spacial score (nSPS) is 19.4. The van der Waals surface area contributed by atoms with Gasteiger partial charge in [0.05, 0.1) is 12.1 Å². The number of piperazine rings is 1. The molecule has 2 aliphatic heterocycles. The molecule has 3 heterocycles. The van der Waals surface area contributed by atoms with Crippen LogP contribution in [0.4, 0.5) is 0 Å². The van der Waals surface area contributed by atoms with E-state index in [1.165, 1.54) is 11.1 Å². The van der Waals surface area contributed by atoms with Crippen molar-refractivity contribution in [2.24, 2.45) is 0 Å². The SMILES string of the molecule is CN1CCN(Cc2ccc3c(c2)CN(C(=O)c2cccnc2)CCO3)[C@@H](c2ccccc2)C1. The highest BCUT2D eigenvalue weighted by atomic mass is 16.5. The van der Waals surface area contributed by atoms with Crippen molar-refractivity contribution in [2.45, 2.75) is 19.1 Å². The first-order valence-corrected chi connectivity index (χ1v) is 11.6. The number of aromatic nitrogens is 1. The molecule has 5 rings (SSSR count). The summed E-state index contributed by atoms with van der Waals surface area (Å²) in [5, 5.41) is 0. The number of benzene rings is 2. The van der Waals surface area contributed by atoms with Gasteiger partial charge in [0.1, 0.15) is 12.4 Å². The minimum absolute atomic E-state index is 0.00633. The molecule has 6 nitrogen and oxygen atoms in total. The first-order chi connectivity index (χ1) is 16.2. The standard InChI is InChI=1S/C27H30N4O2/c1-29-12-13-30(25(20-29)22-6-3-2-4-7-22)18-21-9-10-26-24(16-21)19-31(14-15-33-26)27(32)23-8-5-11-28-17-23/h2-11,16-17,25H,12-15,18-20H2,1H3/t25-/m1/s1. The Morgan fingerprint density at radius 1 is 1.06 bits per heavy atom. The molecule has 0 N–H and O–H groups in total. The van der Waals surface area contributed by atoms with E-state index < -0.39 is 0 Å². The second-order valence-corrected chi connectivity index (χ2v) is 8.92. The Balaban J connectivity index is 1.35. The van der Waals surface area contributed by atoms with Crippen molar-refractivity contribution in [3.05, 3.63) is 95.3 Å². The van der Waals surface area contributed by atoms with Crippen LogP contribution in [0, 0.1) is 0 Å². The highest BCUT2D eigenvalue weighted by Crippen LogP contribution is 2.29. The fraction of sp³-hybridized carbons (Fsp3) is 0.333. The molecule has 1 atom stereocenters. The summed E-state index contributed by atoms with van der Waals surface area (Å²) in [6.45, 7) is 5.57. The van der Waals surface area contributed by atoms with E-state index in [0.29, 0.717) is 31.3 Å². The van der Waals surface area contributed by atoms with Gasteiger partial charge in [0.25, 0.3) is 5.91 Å². The maximum Gasteiger partial charge on any atom is 0.255 e. The number of nitrogens with zero attached hydrogens (tertiary/aromatic N) is 4. The van der Waals surface area contributed by atoms with Crippen LogP contribution < -0.4 is 4.74 Å². The topological polar surface area (TPSA) is 48.9 Å². The number of amides is 1. The van der Waals surface area contributed by atoms with Crippen LogP contribution in [-0.4, -0.2) is 65.4 Å². The first kappa shape index (κ1) is 21.6. The van der Waals surface area contributed by atoms with Crippen molar-refractivity contribution < 1.29 is 9.53 Å². The molecule has 2 aliphatic rings. The van der Waals surface area contributed by atoms with E-state index in [1.54, 1.807) is 18.5 Å². The van der Waals surface area contributed by atoms with E-state index >= 15 is 0 Å². The number of ether oxygens (including phenoxy) is 1. The molecule has 0 aliphatic carbocycles. The lowest BCUT2D eigenvalue weighted by Gasteiger charge is -2.40. The van der Waals surface area contributed by atoms with Crippen molar-refractivity contribution in [3.8, 4) is 5.75 Å². The zero-order chi connectivity index (χ0) is 22.6. The highest BCUT2D eigenvalue weighted by molar-refractivity contribution is 5.93. The van der Waals surface area contributed by atoms with Gasteiger partial charge in [0.2, 0.25) is 0 Å². The van der Waals surface area contributed by atoms with Crippen molar-refractivity contribution in [1.82, 2.24) is 19.7 Å². The number of carbonyl (C=O) groups is 1. The molecule has 2 aromatic carbocycles. The molecule has 1 fully saturated rings. The molecule has 0 bridgehead atoms. The van der Waals surface area contributed by atoms with E-state index in [4.69, 9.17) is 4.74 Å².